The topological polar surface area (TPSA) is 59.9 Å². The molecule has 0 aromatic carbocycles. The summed E-state index contributed by atoms with van der Waals surface area (Å²) in [5.74, 6) is 0.778. The van der Waals surface area contributed by atoms with Gasteiger partial charge in [-0.05, 0) is 25.1 Å². The van der Waals surface area contributed by atoms with E-state index >= 15 is 0 Å². The highest BCUT2D eigenvalue weighted by atomic mass is 16.5. The molecule has 0 aliphatic heterocycles. The van der Waals surface area contributed by atoms with Crippen LogP contribution in [-0.4, -0.2) is 28.1 Å². The van der Waals surface area contributed by atoms with Gasteiger partial charge in [0.2, 0.25) is 0 Å². The standard InChI is InChI=1S/C14H18N4O/c1-3-18-14(12-7-16-10-17-8-12)11-5-13(19-4-2)9-15-6-11/h5-10,14,18H,3-4H2,1-2H3. The van der Waals surface area contributed by atoms with Gasteiger partial charge in [-0.3, -0.25) is 4.98 Å². The minimum Gasteiger partial charge on any atom is -0.492 e. The Morgan fingerprint density at radius 2 is 1.79 bits per heavy atom. The van der Waals surface area contributed by atoms with Crippen LogP contribution in [0.5, 0.6) is 5.75 Å². The van der Waals surface area contributed by atoms with Crippen LogP contribution in [0.4, 0.5) is 0 Å². The number of pyridine rings is 1. The smallest absolute Gasteiger partial charge is 0.137 e. The van der Waals surface area contributed by atoms with E-state index in [-0.39, 0.29) is 6.04 Å². The lowest BCUT2D eigenvalue weighted by Crippen LogP contribution is -2.22. The van der Waals surface area contributed by atoms with Crippen LogP contribution >= 0.6 is 0 Å². The summed E-state index contributed by atoms with van der Waals surface area (Å²) in [6, 6.07) is 2.02. The predicted octanol–water partition coefficient (Wildman–Crippen LogP) is 1.97. The maximum Gasteiger partial charge on any atom is 0.137 e. The van der Waals surface area contributed by atoms with Crippen molar-refractivity contribution in [2.24, 2.45) is 0 Å². The van der Waals surface area contributed by atoms with Gasteiger partial charge in [-0.15, -0.1) is 0 Å². The maximum atomic E-state index is 5.49. The molecule has 1 N–H and O–H groups in total. The van der Waals surface area contributed by atoms with Crippen LogP contribution in [0.1, 0.15) is 31.0 Å². The fourth-order valence-corrected chi connectivity index (χ4v) is 1.93. The lowest BCUT2D eigenvalue weighted by Gasteiger charge is -2.18. The summed E-state index contributed by atoms with van der Waals surface area (Å²) in [5.41, 5.74) is 2.06. The van der Waals surface area contributed by atoms with Crippen LogP contribution in [0.3, 0.4) is 0 Å². The second kappa shape index (κ2) is 6.80. The maximum absolute atomic E-state index is 5.49. The largest absolute Gasteiger partial charge is 0.492 e. The summed E-state index contributed by atoms with van der Waals surface area (Å²) in [6.45, 7) is 5.50. The van der Waals surface area contributed by atoms with Gasteiger partial charge in [0, 0.05) is 24.2 Å². The molecule has 0 saturated carbocycles. The second-order valence-electron chi connectivity index (χ2n) is 4.05. The molecule has 0 amide bonds. The summed E-state index contributed by atoms with van der Waals surface area (Å²) < 4.78 is 5.49. The number of hydrogen-bond acceptors (Lipinski definition) is 5. The van der Waals surface area contributed by atoms with Gasteiger partial charge < -0.3 is 10.1 Å². The van der Waals surface area contributed by atoms with Gasteiger partial charge in [0.1, 0.15) is 12.1 Å². The van der Waals surface area contributed by atoms with E-state index in [1.54, 1.807) is 6.20 Å². The zero-order valence-electron chi connectivity index (χ0n) is 11.2. The Labute approximate surface area is 113 Å². The highest BCUT2D eigenvalue weighted by Crippen LogP contribution is 2.23. The molecular formula is C14H18N4O. The minimum absolute atomic E-state index is 0.0270. The third kappa shape index (κ3) is 3.48. The molecule has 2 rings (SSSR count). The molecule has 0 spiro atoms. The van der Waals surface area contributed by atoms with Crippen molar-refractivity contribution >= 4 is 0 Å². The molecule has 2 aromatic rings. The SMILES string of the molecule is CCNC(c1cncnc1)c1cncc(OCC)c1. The molecule has 1 atom stereocenters. The Morgan fingerprint density at radius 3 is 2.47 bits per heavy atom. The molecule has 100 valence electrons. The van der Waals surface area contributed by atoms with E-state index in [0.29, 0.717) is 6.61 Å². The Bertz CT molecular complexity index is 504. The quantitative estimate of drug-likeness (QED) is 0.858. The van der Waals surface area contributed by atoms with Crippen LogP contribution in [0, 0.1) is 0 Å². The third-order valence-corrected chi connectivity index (χ3v) is 2.70. The molecule has 0 bridgehead atoms. The van der Waals surface area contributed by atoms with Crippen LogP contribution in [0.25, 0.3) is 0 Å². The van der Waals surface area contributed by atoms with Gasteiger partial charge in [-0.2, -0.15) is 0 Å². The van der Waals surface area contributed by atoms with E-state index < -0.39 is 0 Å². The first-order valence-corrected chi connectivity index (χ1v) is 6.41. The van der Waals surface area contributed by atoms with Crippen molar-refractivity contribution in [2.75, 3.05) is 13.2 Å². The first-order chi connectivity index (χ1) is 9.35. The summed E-state index contributed by atoms with van der Waals surface area (Å²) >= 11 is 0. The number of rotatable bonds is 6. The first kappa shape index (κ1) is 13.4. The van der Waals surface area contributed by atoms with Crippen LogP contribution < -0.4 is 10.1 Å². The highest BCUT2D eigenvalue weighted by molar-refractivity contribution is 5.32. The normalized spacial score (nSPS) is 12.1. The lowest BCUT2D eigenvalue weighted by molar-refractivity contribution is 0.338. The van der Waals surface area contributed by atoms with Gasteiger partial charge in [0.15, 0.2) is 0 Å². The van der Waals surface area contributed by atoms with E-state index in [4.69, 9.17) is 4.74 Å². The Hall–Kier alpha value is -2.01. The van der Waals surface area contributed by atoms with Crippen LogP contribution in [0.2, 0.25) is 0 Å². The van der Waals surface area contributed by atoms with Gasteiger partial charge in [0.05, 0.1) is 18.8 Å². The van der Waals surface area contributed by atoms with Crippen molar-refractivity contribution in [1.82, 2.24) is 20.3 Å². The number of nitrogens with zero attached hydrogens (tertiary/aromatic N) is 3. The van der Waals surface area contributed by atoms with Gasteiger partial charge in [0.25, 0.3) is 0 Å². The first-order valence-electron chi connectivity index (χ1n) is 6.41. The molecule has 5 nitrogen and oxygen atoms in total. The van der Waals surface area contributed by atoms with Crippen molar-refractivity contribution in [1.29, 1.82) is 0 Å². The minimum atomic E-state index is 0.0270. The molecule has 2 aromatic heterocycles. The second-order valence-corrected chi connectivity index (χ2v) is 4.05. The van der Waals surface area contributed by atoms with Gasteiger partial charge in [-0.25, -0.2) is 9.97 Å². The van der Waals surface area contributed by atoms with Crippen molar-refractivity contribution in [2.45, 2.75) is 19.9 Å². The monoisotopic (exact) mass is 258 g/mol. The van der Waals surface area contributed by atoms with E-state index in [9.17, 15) is 0 Å². The Morgan fingerprint density at radius 1 is 1.05 bits per heavy atom. The van der Waals surface area contributed by atoms with Crippen LogP contribution in [0.15, 0.2) is 37.2 Å². The van der Waals surface area contributed by atoms with Crippen molar-refractivity contribution in [3.63, 3.8) is 0 Å². The molecule has 5 heteroatoms. The summed E-state index contributed by atoms with van der Waals surface area (Å²) in [5, 5.41) is 3.41. The molecule has 0 radical (unpaired) electrons. The number of ether oxygens (including phenoxy) is 1. The predicted molar refractivity (Wildman–Crippen MR) is 73.0 cm³/mol. The fourth-order valence-electron chi connectivity index (χ4n) is 1.93. The molecule has 0 saturated heterocycles. The molecule has 1 unspecified atom stereocenters. The van der Waals surface area contributed by atoms with Crippen molar-refractivity contribution in [3.8, 4) is 5.75 Å². The number of aromatic nitrogens is 3. The van der Waals surface area contributed by atoms with E-state index in [1.165, 1.54) is 6.33 Å². The van der Waals surface area contributed by atoms with E-state index in [2.05, 4.69) is 27.2 Å². The summed E-state index contributed by atoms with van der Waals surface area (Å²) in [6.07, 6.45) is 8.71. The molecule has 2 heterocycles. The fraction of sp³-hybridized carbons (Fsp3) is 0.357. The number of hydrogen-bond donors (Lipinski definition) is 1. The Balaban J connectivity index is 2.31. The van der Waals surface area contributed by atoms with Crippen molar-refractivity contribution in [3.05, 3.63) is 48.3 Å². The van der Waals surface area contributed by atoms with Gasteiger partial charge in [-0.1, -0.05) is 6.92 Å². The lowest BCUT2D eigenvalue weighted by atomic mass is 10.0. The van der Waals surface area contributed by atoms with Crippen molar-refractivity contribution < 1.29 is 4.74 Å². The summed E-state index contributed by atoms with van der Waals surface area (Å²) in [4.78, 5) is 12.4. The average Bonchev–Trinajstić information content (AvgIpc) is 2.46. The summed E-state index contributed by atoms with van der Waals surface area (Å²) in [7, 11) is 0. The van der Waals surface area contributed by atoms with Gasteiger partial charge >= 0.3 is 0 Å². The Kier molecular flexibility index (Phi) is 4.80. The highest BCUT2D eigenvalue weighted by Gasteiger charge is 2.14. The molecular weight excluding hydrogens is 240 g/mol. The molecule has 19 heavy (non-hydrogen) atoms. The molecule has 0 aliphatic carbocycles. The molecule has 0 fully saturated rings. The number of nitrogens with one attached hydrogen (secondary N) is 1. The van der Waals surface area contributed by atoms with E-state index in [0.717, 1.165) is 23.4 Å². The zero-order chi connectivity index (χ0) is 13.5. The van der Waals surface area contributed by atoms with E-state index in [1.807, 2.05) is 31.6 Å². The average molecular weight is 258 g/mol. The molecule has 0 aliphatic rings. The van der Waals surface area contributed by atoms with Crippen LogP contribution in [-0.2, 0) is 0 Å². The zero-order valence-corrected chi connectivity index (χ0v) is 11.2. The third-order valence-electron chi connectivity index (χ3n) is 2.70.